The van der Waals surface area contributed by atoms with Gasteiger partial charge in [-0.15, -0.1) is 22.9 Å². The molecule has 1 aliphatic heterocycles. The van der Waals surface area contributed by atoms with Gasteiger partial charge < -0.3 is 19.7 Å². The van der Waals surface area contributed by atoms with Crippen molar-refractivity contribution < 1.29 is 23.9 Å². The molecule has 1 fully saturated rings. The third-order valence-corrected chi connectivity index (χ3v) is 4.93. The highest BCUT2D eigenvalue weighted by Crippen LogP contribution is 2.34. The first-order valence-corrected chi connectivity index (χ1v) is 8.88. The molecule has 0 saturated carbocycles. The van der Waals surface area contributed by atoms with Crippen molar-refractivity contribution in [2.24, 2.45) is 0 Å². The summed E-state index contributed by atoms with van der Waals surface area (Å²) in [6.07, 6.45) is 0. The Morgan fingerprint density at radius 1 is 1.33 bits per heavy atom. The third kappa shape index (κ3) is 4.06. The fourth-order valence-electron chi connectivity index (χ4n) is 2.32. The lowest BCUT2D eigenvalue weighted by atomic mass is 10.1. The van der Waals surface area contributed by atoms with Crippen LogP contribution in [-0.4, -0.2) is 61.5 Å². The van der Waals surface area contributed by atoms with Crippen LogP contribution in [0.3, 0.4) is 0 Å². The standard InChI is InChI=1S/C15H19ClN2O5S/c1-3-23-15(21)11-9(2)12(24-13(11)17-10(19)8-16)14(20)18-4-6-22-7-5-18/h3-8H2,1-2H3,(H,17,19). The van der Waals surface area contributed by atoms with Gasteiger partial charge in [-0.2, -0.15) is 0 Å². The zero-order chi connectivity index (χ0) is 17.7. The molecule has 7 nitrogen and oxygen atoms in total. The van der Waals surface area contributed by atoms with E-state index in [1.165, 1.54) is 0 Å². The summed E-state index contributed by atoms with van der Waals surface area (Å²) in [6.45, 7) is 5.52. The van der Waals surface area contributed by atoms with E-state index in [0.717, 1.165) is 11.3 Å². The molecule has 0 aromatic carbocycles. The van der Waals surface area contributed by atoms with Crippen molar-refractivity contribution in [3.63, 3.8) is 0 Å². The third-order valence-electron chi connectivity index (χ3n) is 3.49. The lowest BCUT2D eigenvalue weighted by Crippen LogP contribution is -2.40. The van der Waals surface area contributed by atoms with Crippen molar-refractivity contribution in [2.45, 2.75) is 13.8 Å². The van der Waals surface area contributed by atoms with Crippen LogP contribution < -0.4 is 5.32 Å². The number of anilines is 1. The van der Waals surface area contributed by atoms with E-state index in [9.17, 15) is 14.4 Å². The van der Waals surface area contributed by atoms with Gasteiger partial charge in [0.25, 0.3) is 5.91 Å². The van der Waals surface area contributed by atoms with E-state index >= 15 is 0 Å². The van der Waals surface area contributed by atoms with E-state index in [0.29, 0.717) is 36.7 Å². The molecule has 0 aliphatic carbocycles. The maximum atomic E-state index is 12.7. The number of hydrogen-bond donors (Lipinski definition) is 1. The second kappa shape index (κ2) is 8.46. The summed E-state index contributed by atoms with van der Waals surface area (Å²) in [4.78, 5) is 38.6. The van der Waals surface area contributed by atoms with Gasteiger partial charge in [-0.1, -0.05) is 0 Å². The van der Waals surface area contributed by atoms with Crippen LogP contribution in [0.1, 0.15) is 32.5 Å². The van der Waals surface area contributed by atoms with Gasteiger partial charge in [-0.05, 0) is 19.4 Å². The molecule has 1 N–H and O–H groups in total. The number of carbonyl (C=O) groups excluding carboxylic acids is 3. The summed E-state index contributed by atoms with van der Waals surface area (Å²) >= 11 is 6.58. The molecule has 1 saturated heterocycles. The second-order valence-corrected chi connectivity index (χ2v) is 6.36. The number of morpholine rings is 1. The molecule has 0 spiro atoms. The number of carbonyl (C=O) groups is 3. The molecule has 0 radical (unpaired) electrons. The average molecular weight is 375 g/mol. The van der Waals surface area contributed by atoms with Crippen molar-refractivity contribution in [3.8, 4) is 0 Å². The van der Waals surface area contributed by atoms with Gasteiger partial charge >= 0.3 is 5.97 Å². The summed E-state index contributed by atoms with van der Waals surface area (Å²) in [5, 5.41) is 2.86. The van der Waals surface area contributed by atoms with Crippen molar-refractivity contribution in [1.29, 1.82) is 0 Å². The molecule has 1 aliphatic rings. The first-order chi connectivity index (χ1) is 11.5. The molecule has 132 valence electrons. The summed E-state index contributed by atoms with van der Waals surface area (Å²) < 4.78 is 10.3. The van der Waals surface area contributed by atoms with Crippen molar-refractivity contribution in [2.75, 3.05) is 44.1 Å². The van der Waals surface area contributed by atoms with Gasteiger partial charge in [0.05, 0.1) is 30.3 Å². The highest BCUT2D eigenvalue weighted by atomic mass is 35.5. The number of hydrogen-bond acceptors (Lipinski definition) is 6. The Labute approximate surface area is 148 Å². The number of esters is 1. The fraction of sp³-hybridized carbons (Fsp3) is 0.533. The topological polar surface area (TPSA) is 84.9 Å². The smallest absolute Gasteiger partial charge is 0.341 e. The Kier molecular flexibility index (Phi) is 6.59. The molecule has 2 amide bonds. The maximum absolute atomic E-state index is 12.7. The van der Waals surface area contributed by atoms with Gasteiger partial charge in [0.2, 0.25) is 5.91 Å². The molecule has 24 heavy (non-hydrogen) atoms. The first kappa shape index (κ1) is 18.7. The molecule has 0 bridgehead atoms. The highest BCUT2D eigenvalue weighted by Gasteiger charge is 2.29. The highest BCUT2D eigenvalue weighted by molar-refractivity contribution is 7.18. The van der Waals surface area contributed by atoms with Crippen molar-refractivity contribution in [1.82, 2.24) is 4.90 Å². The average Bonchev–Trinajstić information content (AvgIpc) is 2.91. The van der Waals surface area contributed by atoms with Crippen LogP contribution in [0.15, 0.2) is 0 Å². The van der Waals surface area contributed by atoms with E-state index < -0.39 is 11.9 Å². The van der Waals surface area contributed by atoms with E-state index in [1.807, 2.05) is 0 Å². The number of thiophene rings is 1. The Balaban J connectivity index is 2.37. The Bertz CT molecular complexity index is 640. The Morgan fingerprint density at radius 3 is 2.58 bits per heavy atom. The van der Waals surface area contributed by atoms with Gasteiger partial charge in [0, 0.05) is 13.1 Å². The van der Waals surface area contributed by atoms with Crippen molar-refractivity contribution >= 4 is 45.7 Å². The summed E-state index contributed by atoms with van der Waals surface area (Å²) in [5.74, 6) is -1.45. The van der Waals surface area contributed by atoms with E-state index in [1.54, 1.807) is 18.7 Å². The Hall–Kier alpha value is -1.64. The maximum Gasteiger partial charge on any atom is 0.341 e. The van der Waals surface area contributed by atoms with E-state index in [-0.39, 0.29) is 29.0 Å². The summed E-state index contributed by atoms with van der Waals surface area (Å²) in [6, 6.07) is 0. The molecular formula is C15H19ClN2O5S. The van der Waals surface area contributed by atoms with E-state index in [4.69, 9.17) is 21.1 Å². The van der Waals surface area contributed by atoms with Gasteiger partial charge in [0.15, 0.2) is 0 Å². The lowest BCUT2D eigenvalue weighted by Gasteiger charge is -2.26. The van der Waals surface area contributed by atoms with Gasteiger partial charge in [0.1, 0.15) is 10.9 Å². The molecule has 9 heteroatoms. The number of amides is 2. The predicted molar refractivity (Wildman–Crippen MR) is 91.1 cm³/mol. The number of nitrogens with zero attached hydrogens (tertiary/aromatic N) is 1. The predicted octanol–water partition coefficient (Wildman–Crippen LogP) is 1.88. The molecule has 0 atom stereocenters. The first-order valence-electron chi connectivity index (χ1n) is 7.52. The quantitative estimate of drug-likeness (QED) is 0.628. The number of halogens is 1. The molecule has 1 aromatic rings. The monoisotopic (exact) mass is 374 g/mol. The molecule has 2 heterocycles. The van der Waals surface area contributed by atoms with Crippen LogP contribution in [0.5, 0.6) is 0 Å². The molecule has 2 rings (SSSR count). The van der Waals surface area contributed by atoms with Crippen LogP contribution in [0.2, 0.25) is 0 Å². The molecule has 1 aromatic heterocycles. The van der Waals surface area contributed by atoms with Crippen LogP contribution in [-0.2, 0) is 14.3 Å². The van der Waals surface area contributed by atoms with Crippen LogP contribution in [0.4, 0.5) is 5.00 Å². The number of rotatable bonds is 5. The van der Waals surface area contributed by atoms with Crippen LogP contribution in [0.25, 0.3) is 0 Å². The van der Waals surface area contributed by atoms with Crippen molar-refractivity contribution in [3.05, 3.63) is 16.0 Å². The van der Waals surface area contributed by atoms with E-state index in [2.05, 4.69) is 5.32 Å². The summed E-state index contributed by atoms with van der Waals surface area (Å²) in [7, 11) is 0. The summed E-state index contributed by atoms with van der Waals surface area (Å²) in [5.41, 5.74) is 0.705. The fourth-order valence-corrected chi connectivity index (χ4v) is 3.57. The molecule has 0 unspecified atom stereocenters. The number of ether oxygens (including phenoxy) is 2. The van der Waals surface area contributed by atoms with Crippen LogP contribution in [0, 0.1) is 6.92 Å². The normalized spacial score (nSPS) is 14.4. The Morgan fingerprint density at radius 2 is 2.00 bits per heavy atom. The minimum atomic E-state index is -0.572. The lowest BCUT2D eigenvalue weighted by molar-refractivity contribution is -0.113. The zero-order valence-electron chi connectivity index (χ0n) is 13.5. The zero-order valence-corrected chi connectivity index (χ0v) is 15.1. The SMILES string of the molecule is CCOC(=O)c1c(NC(=O)CCl)sc(C(=O)N2CCOCC2)c1C. The van der Waals surface area contributed by atoms with Crippen LogP contribution >= 0.6 is 22.9 Å². The number of nitrogens with one attached hydrogen (secondary N) is 1. The minimum Gasteiger partial charge on any atom is -0.462 e. The van der Waals surface area contributed by atoms with Gasteiger partial charge in [-0.3, -0.25) is 9.59 Å². The minimum absolute atomic E-state index is 0.183. The molecular weight excluding hydrogens is 356 g/mol. The largest absolute Gasteiger partial charge is 0.462 e. The second-order valence-electron chi connectivity index (χ2n) is 5.07. The van der Waals surface area contributed by atoms with Gasteiger partial charge in [-0.25, -0.2) is 4.79 Å². The number of alkyl halides is 1.